The fraction of sp³-hybridized carbons (Fsp3) is 0.278. The van der Waals surface area contributed by atoms with Crippen molar-refractivity contribution in [3.05, 3.63) is 53.6 Å². The van der Waals surface area contributed by atoms with E-state index >= 15 is 0 Å². The Morgan fingerprint density at radius 2 is 1.80 bits per heavy atom. The first-order valence-electron chi connectivity index (χ1n) is 7.58. The number of hydrogen-bond acceptors (Lipinski definition) is 4. The molecule has 0 atom stereocenters. The van der Waals surface area contributed by atoms with E-state index in [-0.39, 0.29) is 17.1 Å². The molecule has 0 aliphatic heterocycles. The number of carbonyl (C=O) groups is 1. The predicted octanol–water partition coefficient (Wildman–Crippen LogP) is 3.28. The molecule has 2 aromatic rings. The van der Waals surface area contributed by atoms with E-state index in [1.54, 1.807) is 7.11 Å². The summed E-state index contributed by atoms with van der Waals surface area (Å²) in [6.45, 7) is -2.71. The lowest BCUT2D eigenvalue weighted by Crippen LogP contribution is -2.26. The number of hydrogen-bond donors (Lipinski definition) is 1. The largest absolute Gasteiger partial charge is 0.497 e. The topological polar surface area (TPSA) is 56.8 Å². The second-order valence-electron chi connectivity index (χ2n) is 5.07. The average molecular weight is 351 g/mol. The van der Waals surface area contributed by atoms with Gasteiger partial charge in [0.2, 0.25) is 0 Å². The number of halogens is 2. The van der Waals surface area contributed by atoms with Crippen LogP contribution in [-0.2, 0) is 6.42 Å². The van der Waals surface area contributed by atoms with E-state index in [9.17, 15) is 13.6 Å². The zero-order chi connectivity index (χ0) is 18.2. The van der Waals surface area contributed by atoms with E-state index in [1.807, 2.05) is 24.3 Å². The van der Waals surface area contributed by atoms with Crippen LogP contribution in [0.5, 0.6) is 17.2 Å². The number of methoxy groups -OCH3 is 2. The van der Waals surface area contributed by atoms with Crippen LogP contribution in [0, 0.1) is 0 Å². The Balaban J connectivity index is 2.02. The fourth-order valence-electron chi connectivity index (χ4n) is 2.27. The third kappa shape index (κ3) is 5.07. The summed E-state index contributed by atoms with van der Waals surface area (Å²) in [6.07, 6.45) is 0.588. The summed E-state index contributed by atoms with van der Waals surface area (Å²) in [5.74, 6) is 0.0334. The van der Waals surface area contributed by atoms with Gasteiger partial charge in [-0.25, -0.2) is 0 Å². The third-order valence-corrected chi connectivity index (χ3v) is 3.51. The minimum atomic E-state index is -3.05. The van der Waals surface area contributed by atoms with Gasteiger partial charge < -0.3 is 19.5 Å². The fourth-order valence-corrected chi connectivity index (χ4v) is 2.27. The smallest absolute Gasteiger partial charge is 0.387 e. The molecule has 1 amide bonds. The lowest BCUT2D eigenvalue weighted by molar-refractivity contribution is -0.0515. The zero-order valence-corrected chi connectivity index (χ0v) is 13.9. The van der Waals surface area contributed by atoms with Crippen LogP contribution in [0.15, 0.2) is 42.5 Å². The molecule has 5 nitrogen and oxygen atoms in total. The van der Waals surface area contributed by atoms with Crippen molar-refractivity contribution in [2.75, 3.05) is 20.8 Å². The Hall–Kier alpha value is -2.83. The van der Waals surface area contributed by atoms with Crippen LogP contribution in [0.1, 0.15) is 15.9 Å². The van der Waals surface area contributed by atoms with Gasteiger partial charge in [-0.15, -0.1) is 0 Å². The molecule has 0 bridgehead atoms. The number of ether oxygens (including phenoxy) is 3. The van der Waals surface area contributed by atoms with Crippen LogP contribution >= 0.6 is 0 Å². The van der Waals surface area contributed by atoms with Gasteiger partial charge in [-0.2, -0.15) is 8.78 Å². The van der Waals surface area contributed by atoms with E-state index in [0.717, 1.165) is 11.3 Å². The van der Waals surface area contributed by atoms with Crippen LogP contribution in [0.4, 0.5) is 8.78 Å². The average Bonchev–Trinajstić information content (AvgIpc) is 2.62. The van der Waals surface area contributed by atoms with Gasteiger partial charge >= 0.3 is 6.61 Å². The summed E-state index contributed by atoms with van der Waals surface area (Å²) in [5.41, 5.74) is 1.00. The van der Waals surface area contributed by atoms with Crippen LogP contribution in [-0.4, -0.2) is 33.3 Å². The molecular weight excluding hydrogens is 332 g/mol. The van der Waals surface area contributed by atoms with Crippen molar-refractivity contribution in [1.82, 2.24) is 5.32 Å². The first-order valence-corrected chi connectivity index (χ1v) is 7.58. The van der Waals surface area contributed by atoms with Crippen molar-refractivity contribution in [3.8, 4) is 17.2 Å². The van der Waals surface area contributed by atoms with E-state index in [4.69, 9.17) is 9.47 Å². The molecule has 0 radical (unpaired) electrons. The number of carbonyl (C=O) groups excluding carboxylic acids is 1. The minimum absolute atomic E-state index is 0.00520. The molecule has 0 unspecified atom stereocenters. The van der Waals surface area contributed by atoms with Crippen molar-refractivity contribution in [2.45, 2.75) is 13.0 Å². The van der Waals surface area contributed by atoms with Crippen molar-refractivity contribution >= 4 is 5.91 Å². The lowest BCUT2D eigenvalue weighted by atomic mass is 10.1. The monoisotopic (exact) mass is 351 g/mol. The first kappa shape index (κ1) is 18.5. The van der Waals surface area contributed by atoms with Crippen LogP contribution in [0.2, 0.25) is 0 Å². The summed E-state index contributed by atoms with van der Waals surface area (Å²) in [4.78, 5) is 12.3. The Labute approximate surface area is 144 Å². The number of para-hydroxylation sites is 1. The Bertz CT molecular complexity index is 705. The Morgan fingerprint density at radius 3 is 2.40 bits per heavy atom. The molecule has 0 spiro atoms. The number of benzene rings is 2. The van der Waals surface area contributed by atoms with Crippen molar-refractivity contribution < 1.29 is 27.8 Å². The third-order valence-electron chi connectivity index (χ3n) is 3.51. The number of alkyl halides is 2. The highest BCUT2D eigenvalue weighted by Gasteiger charge is 2.19. The molecule has 134 valence electrons. The highest BCUT2D eigenvalue weighted by atomic mass is 19.3. The molecule has 7 heteroatoms. The van der Waals surface area contributed by atoms with E-state index < -0.39 is 12.5 Å². The van der Waals surface area contributed by atoms with Gasteiger partial charge in [0.05, 0.1) is 19.8 Å². The van der Waals surface area contributed by atoms with Gasteiger partial charge in [0, 0.05) is 6.54 Å². The van der Waals surface area contributed by atoms with Gasteiger partial charge in [-0.3, -0.25) is 4.79 Å². The molecule has 0 saturated heterocycles. The number of rotatable bonds is 8. The number of nitrogens with one attached hydrogen (secondary N) is 1. The molecule has 0 fully saturated rings. The summed E-state index contributed by atoms with van der Waals surface area (Å²) in [7, 11) is 2.90. The predicted molar refractivity (Wildman–Crippen MR) is 88.7 cm³/mol. The van der Waals surface area contributed by atoms with E-state index in [2.05, 4.69) is 10.1 Å². The second-order valence-corrected chi connectivity index (χ2v) is 5.07. The van der Waals surface area contributed by atoms with Crippen molar-refractivity contribution in [1.29, 1.82) is 0 Å². The highest BCUT2D eigenvalue weighted by Crippen LogP contribution is 2.32. The molecule has 0 aromatic heterocycles. The molecule has 0 aliphatic rings. The second kappa shape index (κ2) is 8.86. The maximum absolute atomic E-state index is 12.6. The van der Waals surface area contributed by atoms with Gasteiger partial charge in [0.15, 0.2) is 11.5 Å². The van der Waals surface area contributed by atoms with Crippen molar-refractivity contribution in [2.24, 2.45) is 0 Å². The molecule has 0 aliphatic carbocycles. The van der Waals surface area contributed by atoms with Gasteiger partial charge in [-0.1, -0.05) is 18.2 Å². The minimum Gasteiger partial charge on any atom is -0.497 e. The van der Waals surface area contributed by atoms with Gasteiger partial charge in [0.1, 0.15) is 5.75 Å². The Morgan fingerprint density at radius 1 is 1.08 bits per heavy atom. The lowest BCUT2D eigenvalue weighted by Gasteiger charge is -2.14. The number of amides is 1. The Kier molecular flexibility index (Phi) is 6.56. The van der Waals surface area contributed by atoms with E-state index in [1.165, 1.54) is 25.3 Å². The summed E-state index contributed by atoms with van der Waals surface area (Å²) in [6, 6.07) is 11.8. The van der Waals surface area contributed by atoms with Crippen LogP contribution in [0.25, 0.3) is 0 Å². The molecule has 2 aromatic carbocycles. The summed E-state index contributed by atoms with van der Waals surface area (Å²) >= 11 is 0. The van der Waals surface area contributed by atoms with Crippen LogP contribution < -0.4 is 19.5 Å². The maximum atomic E-state index is 12.6. The molecule has 2 rings (SSSR count). The normalized spacial score (nSPS) is 10.4. The molecule has 1 N–H and O–H groups in total. The standard InChI is InChI=1S/C18H19F2NO4/c1-23-13-8-6-12(7-9-13)10-11-21-17(22)14-4-3-5-15(24-2)16(14)25-18(19)20/h3-9,18H,10-11H2,1-2H3,(H,21,22). The van der Waals surface area contributed by atoms with Crippen LogP contribution in [0.3, 0.4) is 0 Å². The quantitative estimate of drug-likeness (QED) is 0.793. The van der Waals surface area contributed by atoms with Gasteiger partial charge in [0.25, 0.3) is 5.91 Å². The first-order chi connectivity index (χ1) is 12.0. The summed E-state index contributed by atoms with van der Waals surface area (Å²) in [5, 5.41) is 2.69. The summed E-state index contributed by atoms with van der Waals surface area (Å²) < 4.78 is 39.7. The molecule has 25 heavy (non-hydrogen) atoms. The molecule has 0 heterocycles. The van der Waals surface area contributed by atoms with Gasteiger partial charge in [-0.05, 0) is 36.2 Å². The molecule has 0 saturated carbocycles. The highest BCUT2D eigenvalue weighted by molar-refractivity contribution is 5.97. The SMILES string of the molecule is COc1ccc(CCNC(=O)c2cccc(OC)c2OC(F)F)cc1. The molecular formula is C18H19F2NO4. The maximum Gasteiger partial charge on any atom is 0.387 e. The van der Waals surface area contributed by atoms with E-state index in [0.29, 0.717) is 13.0 Å². The zero-order valence-electron chi connectivity index (χ0n) is 13.9. The van der Waals surface area contributed by atoms with Crippen molar-refractivity contribution in [3.63, 3.8) is 0 Å².